The summed E-state index contributed by atoms with van der Waals surface area (Å²) in [5.74, 6) is -0.951. The molecule has 0 bridgehead atoms. The van der Waals surface area contributed by atoms with Gasteiger partial charge in [0.05, 0.1) is 12.0 Å². The van der Waals surface area contributed by atoms with E-state index in [-0.39, 0.29) is 30.5 Å². The molecule has 1 aliphatic heterocycles. The predicted molar refractivity (Wildman–Crippen MR) is 55.4 cm³/mol. The third kappa shape index (κ3) is 2.17. The highest BCUT2D eigenvalue weighted by atomic mass is 35.5. The lowest BCUT2D eigenvalue weighted by Crippen LogP contribution is -2.28. The van der Waals surface area contributed by atoms with E-state index in [0.717, 1.165) is 18.8 Å². The summed E-state index contributed by atoms with van der Waals surface area (Å²) in [5.41, 5.74) is 0.941. The van der Waals surface area contributed by atoms with Gasteiger partial charge in [-0.2, -0.15) is 0 Å². The lowest BCUT2D eigenvalue weighted by molar-refractivity contribution is 0.0689. The number of hydrogen-bond donors (Lipinski definition) is 2. The van der Waals surface area contributed by atoms with Gasteiger partial charge in [-0.15, -0.1) is 24.8 Å². The summed E-state index contributed by atoms with van der Waals surface area (Å²) in [7, 11) is 0. The smallest absolute Gasteiger partial charge is 0.356 e. The molecule has 0 radical (unpaired) electrons. The number of rotatable bonds is 1. The van der Waals surface area contributed by atoms with E-state index in [1.807, 2.05) is 4.57 Å². The van der Waals surface area contributed by atoms with Gasteiger partial charge < -0.3 is 15.0 Å². The summed E-state index contributed by atoms with van der Waals surface area (Å²) in [6, 6.07) is 0. The van der Waals surface area contributed by atoms with Crippen LogP contribution in [0.25, 0.3) is 0 Å². The number of carbonyl (C=O) groups is 1. The topological polar surface area (TPSA) is 67.1 Å². The summed E-state index contributed by atoms with van der Waals surface area (Å²) in [4.78, 5) is 14.5. The summed E-state index contributed by atoms with van der Waals surface area (Å²) in [6.45, 7) is 2.28. The van der Waals surface area contributed by atoms with Gasteiger partial charge in [-0.05, 0) is 0 Å². The number of nitrogens with one attached hydrogen (secondary N) is 1. The molecule has 0 saturated heterocycles. The number of fused-ring (bicyclic) bond motifs is 1. The summed E-state index contributed by atoms with van der Waals surface area (Å²) in [6.07, 6.45) is 1.58. The maximum absolute atomic E-state index is 10.6. The predicted octanol–water partition coefficient (Wildman–Crippen LogP) is 0.528. The van der Waals surface area contributed by atoms with Crippen LogP contribution in [0.15, 0.2) is 6.33 Å². The van der Waals surface area contributed by atoms with E-state index in [1.54, 1.807) is 6.33 Å². The Morgan fingerprint density at radius 1 is 1.57 bits per heavy atom. The zero-order valence-electron chi connectivity index (χ0n) is 7.27. The normalized spacial score (nSPS) is 13.4. The summed E-state index contributed by atoms with van der Waals surface area (Å²) >= 11 is 0. The molecule has 0 atom stereocenters. The van der Waals surface area contributed by atoms with Gasteiger partial charge in [-0.1, -0.05) is 0 Å². The van der Waals surface area contributed by atoms with E-state index >= 15 is 0 Å². The van der Waals surface area contributed by atoms with Crippen LogP contribution in [0.5, 0.6) is 0 Å². The number of aromatic nitrogens is 2. The Morgan fingerprint density at radius 3 is 2.93 bits per heavy atom. The van der Waals surface area contributed by atoms with Crippen molar-refractivity contribution < 1.29 is 9.90 Å². The molecule has 2 heterocycles. The van der Waals surface area contributed by atoms with Crippen molar-refractivity contribution in [1.29, 1.82) is 0 Å². The van der Waals surface area contributed by atoms with Crippen LogP contribution < -0.4 is 5.32 Å². The number of nitrogens with zero attached hydrogens (tertiary/aromatic N) is 2. The maximum atomic E-state index is 10.6. The molecule has 80 valence electrons. The van der Waals surface area contributed by atoms with Crippen molar-refractivity contribution >= 4 is 30.8 Å². The molecule has 1 aromatic heterocycles. The third-order valence-corrected chi connectivity index (χ3v) is 1.97. The second kappa shape index (κ2) is 5.19. The second-order valence-corrected chi connectivity index (χ2v) is 2.72. The van der Waals surface area contributed by atoms with E-state index in [2.05, 4.69) is 10.3 Å². The lowest BCUT2D eigenvalue weighted by Gasteiger charge is -2.15. The van der Waals surface area contributed by atoms with Gasteiger partial charge in [-0.25, -0.2) is 9.78 Å². The molecular formula is C7H11Cl2N3O2. The van der Waals surface area contributed by atoms with Crippen LogP contribution in [0.3, 0.4) is 0 Å². The molecule has 0 aliphatic carbocycles. The molecular weight excluding hydrogens is 229 g/mol. The number of carboxylic acids is 1. The van der Waals surface area contributed by atoms with Gasteiger partial charge in [0.25, 0.3) is 0 Å². The molecule has 0 spiro atoms. The molecule has 1 aliphatic rings. The molecule has 1 aromatic rings. The zero-order chi connectivity index (χ0) is 8.55. The molecule has 0 saturated carbocycles. The summed E-state index contributed by atoms with van der Waals surface area (Å²) < 4.78 is 1.87. The van der Waals surface area contributed by atoms with Crippen molar-refractivity contribution in [1.82, 2.24) is 14.9 Å². The van der Waals surface area contributed by atoms with Crippen molar-refractivity contribution in [3.8, 4) is 0 Å². The number of carboxylic acid groups (broad SMARTS) is 1. The van der Waals surface area contributed by atoms with Crippen LogP contribution in [-0.2, 0) is 13.1 Å². The van der Waals surface area contributed by atoms with Gasteiger partial charge in [0.15, 0.2) is 5.69 Å². The third-order valence-electron chi connectivity index (χ3n) is 1.97. The van der Waals surface area contributed by atoms with Crippen molar-refractivity contribution in [2.75, 3.05) is 6.54 Å². The van der Waals surface area contributed by atoms with Crippen molar-refractivity contribution in [3.63, 3.8) is 0 Å². The summed E-state index contributed by atoms with van der Waals surface area (Å²) in [5, 5.41) is 11.8. The van der Waals surface area contributed by atoms with Crippen LogP contribution in [-0.4, -0.2) is 27.2 Å². The number of aromatic carboxylic acids is 1. The maximum Gasteiger partial charge on any atom is 0.356 e. The molecule has 0 aromatic carbocycles. The molecule has 7 heteroatoms. The quantitative estimate of drug-likeness (QED) is 0.751. The van der Waals surface area contributed by atoms with Crippen LogP contribution >= 0.6 is 24.8 Å². The Balaban J connectivity index is 0.000000845. The van der Waals surface area contributed by atoms with Gasteiger partial charge in [-0.3, -0.25) is 0 Å². The molecule has 0 fully saturated rings. The molecule has 2 rings (SSSR count). The first-order valence-corrected chi connectivity index (χ1v) is 3.77. The average molecular weight is 240 g/mol. The fraction of sp³-hybridized carbons (Fsp3) is 0.429. The van der Waals surface area contributed by atoms with Gasteiger partial charge in [0.2, 0.25) is 0 Å². The van der Waals surface area contributed by atoms with Crippen LogP contribution in [0, 0.1) is 0 Å². The first-order valence-electron chi connectivity index (χ1n) is 3.77. The highest BCUT2D eigenvalue weighted by molar-refractivity contribution is 5.86. The monoisotopic (exact) mass is 239 g/mol. The lowest BCUT2D eigenvalue weighted by atomic mass is 10.3. The largest absolute Gasteiger partial charge is 0.476 e. The first kappa shape index (κ1) is 13.2. The van der Waals surface area contributed by atoms with Crippen molar-refractivity contribution in [2.45, 2.75) is 13.1 Å². The standard InChI is InChI=1S/C7H9N3O2.2ClH/c11-7(12)6-5-3-8-1-2-10(5)4-9-6;;/h4,8H,1-3H2,(H,11,12);2*1H. The first-order chi connectivity index (χ1) is 5.79. The molecule has 14 heavy (non-hydrogen) atoms. The second-order valence-electron chi connectivity index (χ2n) is 2.72. The van der Waals surface area contributed by atoms with Crippen LogP contribution in [0.1, 0.15) is 16.2 Å². The molecule has 2 N–H and O–H groups in total. The van der Waals surface area contributed by atoms with Gasteiger partial charge in [0, 0.05) is 19.6 Å². The fourth-order valence-corrected chi connectivity index (χ4v) is 1.37. The zero-order valence-corrected chi connectivity index (χ0v) is 8.90. The fourth-order valence-electron chi connectivity index (χ4n) is 1.37. The SMILES string of the molecule is Cl.Cl.O=C(O)c1ncn2c1CNCC2. The molecule has 5 nitrogen and oxygen atoms in total. The molecule has 0 amide bonds. The van der Waals surface area contributed by atoms with Gasteiger partial charge in [0.1, 0.15) is 0 Å². The number of halogens is 2. The van der Waals surface area contributed by atoms with Crippen molar-refractivity contribution in [2.24, 2.45) is 0 Å². The number of hydrogen-bond acceptors (Lipinski definition) is 3. The Hall–Kier alpha value is -0.780. The average Bonchev–Trinajstić information content (AvgIpc) is 2.47. The van der Waals surface area contributed by atoms with E-state index in [9.17, 15) is 4.79 Å². The van der Waals surface area contributed by atoms with Crippen LogP contribution in [0.2, 0.25) is 0 Å². The highest BCUT2D eigenvalue weighted by Crippen LogP contribution is 2.09. The Kier molecular flexibility index (Phi) is 4.90. The van der Waals surface area contributed by atoms with E-state index in [4.69, 9.17) is 5.11 Å². The Bertz CT molecular complexity index is 327. The van der Waals surface area contributed by atoms with E-state index in [0.29, 0.717) is 6.54 Å². The number of imidazole rings is 1. The van der Waals surface area contributed by atoms with Crippen LogP contribution in [0.4, 0.5) is 0 Å². The van der Waals surface area contributed by atoms with E-state index in [1.165, 1.54) is 0 Å². The van der Waals surface area contributed by atoms with Gasteiger partial charge >= 0.3 is 5.97 Å². The minimum atomic E-state index is -0.951. The minimum absolute atomic E-state index is 0. The Morgan fingerprint density at radius 2 is 2.29 bits per heavy atom. The highest BCUT2D eigenvalue weighted by Gasteiger charge is 2.18. The van der Waals surface area contributed by atoms with E-state index < -0.39 is 5.97 Å². The molecule has 0 unspecified atom stereocenters. The Labute approximate surface area is 93.3 Å². The minimum Gasteiger partial charge on any atom is -0.476 e. The van der Waals surface area contributed by atoms with Crippen molar-refractivity contribution in [3.05, 3.63) is 17.7 Å².